The Morgan fingerprint density at radius 3 is 2.58 bits per heavy atom. The molecular formula is C25H26Cl2N4O2. The molecule has 0 radical (unpaired) electrons. The Bertz CT molecular complexity index is 1170. The molecule has 0 spiro atoms. The van der Waals surface area contributed by atoms with Crippen LogP contribution in [-0.2, 0) is 11.3 Å². The van der Waals surface area contributed by atoms with Gasteiger partial charge in [-0.25, -0.2) is 5.43 Å². The first kappa shape index (κ1) is 23.5. The summed E-state index contributed by atoms with van der Waals surface area (Å²) in [4.78, 5) is 14.9. The molecule has 0 aliphatic carbocycles. The smallest absolute Gasteiger partial charge is 0.271 e. The van der Waals surface area contributed by atoms with Gasteiger partial charge in [-0.3, -0.25) is 9.69 Å². The van der Waals surface area contributed by atoms with Crippen molar-refractivity contribution < 1.29 is 9.53 Å². The minimum atomic E-state index is -0.254. The van der Waals surface area contributed by atoms with Crippen molar-refractivity contribution in [3.63, 3.8) is 0 Å². The van der Waals surface area contributed by atoms with Crippen LogP contribution < -0.4 is 5.43 Å². The van der Waals surface area contributed by atoms with Gasteiger partial charge in [0, 0.05) is 42.1 Å². The lowest BCUT2D eigenvalue weighted by atomic mass is 10.1. The molecule has 172 valence electrons. The van der Waals surface area contributed by atoms with Gasteiger partial charge in [0.25, 0.3) is 5.91 Å². The van der Waals surface area contributed by atoms with Gasteiger partial charge in [0.2, 0.25) is 0 Å². The van der Waals surface area contributed by atoms with E-state index < -0.39 is 0 Å². The van der Waals surface area contributed by atoms with Crippen molar-refractivity contribution in [3.8, 4) is 5.69 Å². The minimum Gasteiger partial charge on any atom is -0.379 e. The molecule has 0 saturated carbocycles. The van der Waals surface area contributed by atoms with Crippen molar-refractivity contribution in [1.29, 1.82) is 0 Å². The number of rotatable bonds is 6. The summed E-state index contributed by atoms with van der Waals surface area (Å²) in [6.07, 6.45) is 1.64. The van der Waals surface area contributed by atoms with Crippen molar-refractivity contribution in [3.05, 3.63) is 86.7 Å². The zero-order valence-corrected chi connectivity index (χ0v) is 20.2. The molecule has 1 fully saturated rings. The molecule has 6 nitrogen and oxygen atoms in total. The zero-order chi connectivity index (χ0) is 23.4. The van der Waals surface area contributed by atoms with E-state index in [1.807, 2.05) is 60.9 Å². The van der Waals surface area contributed by atoms with Crippen LogP contribution in [0.5, 0.6) is 0 Å². The Morgan fingerprint density at radius 2 is 1.85 bits per heavy atom. The molecule has 0 bridgehead atoms. The van der Waals surface area contributed by atoms with Crippen molar-refractivity contribution in [2.24, 2.45) is 5.10 Å². The quantitative estimate of drug-likeness (QED) is 0.395. The van der Waals surface area contributed by atoms with Crippen LogP contribution in [0.15, 0.2) is 53.6 Å². The maximum Gasteiger partial charge on any atom is 0.271 e. The second kappa shape index (κ2) is 10.5. The number of aryl methyl sites for hydroxylation is 1. The highest BCUT2D eigenvalue weighted by Crippen LogP contribution is 2.31. The molecule has 1 amide bonds. The fourth-order valence-corrected chi connectivity index (χ4v) is 4.34. The summed E-state index contributed by atoms with van der Waals surface area (Å²) in [6, 6.07) is 15.1. The standard InChI is InChI=1S/C25H26Cl2N4O2/c1-17-14-21(18(2)31(17)23-5-3-4-22(26)24(23)27)15-28-29-25(32)20-8-6-19(7-9-20)16-30-10-12-33-13-11-30/h3-9,14-15H,10-13,16H2,1-2H3,(H,29,32)/b28-15-. The monoisotopic (exact) mass is 484 g/mol. The maximum atomic E-state index is 12.5. The fourth-order valence-electron chi connectivity index (χ4n) is 3.96. The van der Waals surface area contributed by atoms with Gasteiger partial charge in [-0.15, -0.1) is 0 Å². The molecule has 3 aromatic rings. The lowest BCUT2D eigenvalue weighted by Gasteiger charge is -2.26. The first-order valence-corrected chi connectivity index (χ1v) is 11.6. The number of halogens is 2. The van der Waals surface area contributed by atoms with Gasteiger partial charge >= 0.3 is 0 Å². The van der Waals surface area contributed by atoms with Gasteiger partial charge in [-0.05, 0) is 49.7 Å². The van der Waals surface area contributed by atoms with E-state index >= 15 is 0 Å². The summed E-state index contributed by atoms with van der Waals surface area (Å²) in [6.45, 7) is 8.22. The average Bonchev–Trinajstić information content (AvgIpc) is 3.09. The third-order valence-corrected chi connectivity index (χ3v) is 6.55. The number of nitrogens with one attached hydrogen (secondary N) is 1. The van der Waals surface area contributed by atoms with E-state index in [1.165, 1.54) is 5.56 Å². The summed E-state index contributed by atoms with van der Waals surface area (Å²) in [7, 11) is 0. The van der Waals surface area contributed by atoms with Crippen molar-refractivity contribution in [2.45, 2.75) is 20.4 Å². The first-order chi connectivity index (χ1) is 15.9. The SMILES string of the molecule is Cc1cc(/C=N\NC(=O)c2ccc(CN3CCOCC3)cc2)c(C)n1-c1cccc(Cl)c1Cl. The molecule has 4 rings (SSSR count). The predicted octanol–water partition coefficient (Wildman–Crippen LogP) is 5.00. The summed E-state index contributed by atoms with van der Waals surface area (Å²) in [5, 5.41) is 5.16. The van der Waals surface area contributed by atoms with Crippen LogP contribution in [0, 0.1) is 13.8 Å². The van der Waals surface area contributed by atoms with E-state index in [-0.39, 0.29) is 5.91 Å². The highest BCUT2D eigenvalue weighted by molar-refractivity contribution is 6.43. The molecule has 8 heteroatoms. The number of amides is 1. The van der Waals surface area contributed by atoms with Crippen LogP contribution in [0.1, 0.15) is 32.9 Å². The van der Waals surface area contributed by atoms with Crippen molar-refractivity contribution in [1.82, 2.24) is 14.9 Å². The van der Waals surface area contributed by atoms with Gasteiger partial charge in [0.1, 0.15) is 0 Å². The summed E-state index contributed by atoms with van der Waals surface area (Å²) < 4.78 is 7.40. The molecular weight excluding hydrogens is 459 g/mol. The number of ether oxygens (including phenoxy) is 1. The van der Waals surface area contributed by atoms with Crippen LogP contribution in [0.3, 0.4) is 0 Å². The van der Waals surface area contributed by atoms with Gasteiger partial charge in [0.05, 0.1) is 35.2 Å². The highest BCUT2D eigenvalue weighted by Gasteiger charge is 2.14. The molecule has 1 N–H and O–H groups in total. The predicted molar refractivity (Wildman–Crippen MR) is 133 cm³/mol. The van der Waals surface area contributed by atoms with Crippen LogP contribution in [-0.4, -0.2) is 47.9 Å². The van der Waals surface area contributed by atoms with Gasteiger partial charge in [-0.1, -0.05) is 41.4 Å². The first-order valence-electron chi connectivity index (χ1n) is 10.8. The Morgan fingerprint density at radius 1 is 1.12 bits per heavy atom. The van der Waals surface area contributed by atoms with Crippen molar-refractivity contribution in [2.75, 3.05) is 26.3 Å². The van der Waals surface area contributed by atoms with E-state index in [0.29, 0.717) is 15.6 Å². The summed E-state index contributed by atoms with van der Waals surface area (Å²) in [5.41, 5.74) is 7.96. The molecule has 33 heavy (non-hydrogen) atoms. The number of morpholine rings is 1. The van der Waals surface area contributed by atoms with Crippen LogP contribution in [0.25, 0.3) is 5.69 Å². The van der Waals surface area contributed by atoms with Crippen molar-refractivity contribution >= 4 is 35.3 Å². The fraction of sp³-hybridized carbons (Fsp3) is 0.280. The molecule has 1 aliphatic rings. The normalized spacial score (nSPS) is 14.7. The third kappa shape index (κ3) is 5.47. The Hall–Kier alpha value is -2.64. The number of benzene rings is 2. The van der Waals surface area contributed by atoms with Crippen LogP contribution in [0.4, 0.5) is 0 Å². The Balaban J connectivity index is 1.41. The molecule has 1 aromatic heterocycles. The molecule has 2 heterocycles. The number of hydrogen-bond donors (Lipinski definition) is 1. The number of nitrogens with zero attached hydrogens (tertiary/aromatic N) is 3. The van der Waals surface area contributed by atoms with Crippen LogP contribution in [0.2, 0.25) is 10.0 Å². The maximum absolute atomic E-state index is 12.5. The van der Waals surface area contributed by atoms with E-state index in [9.17, 15) is 4.79 Å². The van der Waals surface area contributed by atoms with E-state index in [0.717, 1.165) is 55.5 Å². The number of hydrogen-bond acceptors (Lipinski definition) is 4. The largest absolute Gasteiger partial charge is 0.379 e. The van der Waals surface area contributed by atoms with Gasteiger partial charge in [-0.2, -0.15) is 5.10 Å². The number of hydrazone groups is 1. The lowest BCUT2D eigenvalue weighted by Crippen LogP contribution is -2.35. The second-order valence-electron chi connectivity index (χ2n) is 8.02. The minimum absolute atomic E-state index is 0.254. The number of aromatic nitrogens is 1. The number of carbonyl (C=O) groups is 1. The highest BCUT2D eigenvalue weighted by atomic mass is 35.5. The molecule has 1 saturated heterocycles. The summed E-state index contributed by atoms with van der Waals surface area (Å²) >= 11 is 12.6. The zero-order valence-electron chi connectivity index (χ0n) is 18.6. The molecule has 1 aliphatic heterocycles. The van der Waals surface area contributed by atoms with E-state index in [2.05, 4.69) is 15.4 Å². The molecule has 0 unspecified atom stereocenters. The lowest BCUT2D eigenvalue weighted by molar-refractivity contribution is 0.0342. The third-order valence-electron chi connectivity index (χ3n) is 5.74. The van der Waals surface area contributed by atoms with Gasteiger partial charge in [0.15, 0.2) is 0 Å². The van der Waals surface area contributed by atoms with E-state index in [1.54, 1.807) is 12.3 Å². The molecule has 0 atom stereocenters. The topological polar surface area (TPSA) is 58.9 Å². The second-order valence-corrected chi connectivity index (χ2v) is 8.80. The van der Waals surface area contributed by atoms with Crippen LogP contribution >= 0.6 is 23.2 Å². The Kier molecular flexibility index (Phi) is 7.50. The average molecular weight is 485 g/mol. The summed E-state index contributed by atoms with van der Waals surface area (Å²) in [5.74, 6) is -0.254. The molecule has 2 aromatic carbocycles. The van der Waals surface area contributed by atoms with Gasteiger partial charge < -0.3 is 9.30 Å². The van der Waals surface area contributed by atoms with E-state index in [4.69, 9.17) is 27.9 Å². The Labute approximate surface area is 203 Å². The number of carbonyl (C=O) groups excluding carboxylic acids is 1.